The Labute approximate surface area is 167 Å². The molecular weight excluding hydrogens is 344 g/mol. The third kappa shape index (κ3) is 4.15. The van der Waals surface area contributed by atoms with E-state index in [-0.39, 0.29) is 5.78 Å². The van der Waals surface area contributed by atoms with E-state index >= 15 is 0 Å². The molecule has 0 aliphatic rings. The van der Waals surface area contributed by atoms with E-state index in [1.54, 1.807) is 48.6 Å². The van der Waals surface area contributed by atoms with Crippen molar-refractivity contribution in [2.45, 2.75) is 25.7 Å². The van der Waals surface area contributed by atoms with E-state index in [0.29, 0.717) is 48.2 Å². The predicted molar refractivity (Wildman–Crippen MR) is 121 cm³/mol. The van der Waals surface area contributed by atoms with Gasteiger partial charge in [0, 0.05) is 22.5 Å². The van der Waals surface area contributed by atoms with Crippen LogP contribution in [0.2, 0.25) is 0 Å². The summed E-state index contributed by atoms with van der Waals surface area (Å²) in [6, 6.07) is 6.98. The van der Waals surface area contributed by atoms with Gasteiger partial charge in [-0.1, -0.05) is 24.3 Å². The average molecular weight is 373 g/mol. The molecule has 0 saturated heterocycles. The smallest absolute Gasteiger partial charge is 0.193 e. The second-order valence-electron chi connectivity index (χ2n) is 6.63. The Balaban J connectivity index is 2.91. The lowest BCUT2D eigenvalue weighted by atomic mass is 9.81. The monoisotopic (exact) mass is 372 g/mol. The molecule has 2 aromatic carbocycles. The van der Waals surface area contributed by atoms with Crippen molar-refractivity contribution in [2.24, 2.45) is 0 Å². The van der Waals surface area contributed by atoms with Crippen LogP contribution in [-0.2, 0) is 25.7 Å². The quantitative estimate of drug-likeness (QED) is 0.350. The van der Waals surface area contributed by atoms with Gasteiger partial charge in [0.25, 0.3) is 0 Å². The van der Waals surface area contributed by atoms with Gasteiger partial charge in [-0.25, -0.2) is 0 Å². The molecular formula is C25H28N2O. The second kappa shape index (κ2) is 9.56. The zero-order chi connectivity index (χ0) is 20.7. The average Bonchev–Trinajstić information content (AvgIpc) is 2.68. The van der Waals surface area contributed by atoms with Crippen LogP contribution in [0.3, 0.4) is 0 Å². The van der Waals surface area contributed by atoms with E-state index in [4.69, 9.17) is 11.5 Å². The highest BCUT2D eigenvalue weighted by Crippen LogP contribution is 2.34. The van der Waals surface area contributed by atoms with Gasteiger partial charge in [0.05, 0.1) is 0 Å². The second-order valence-corrected chi connectivity index (χ2v) is 6.63. The van der Waals surface area contributed by atoms with Crippen LogP contribution in [-0.4, -0.2) is 5.78 Å². The predicted octanol–water partition coefficient (Wildman–Crippen LogP) is 5.00. The van der Waals surface area contributed by atoms with Crippen molar-refractivity contribution in [1.29, 1.82) is 0 Å². The molecule has 2 aromatic rings. The summed E-state index contributed by atoms with van der Waals surface area (Å²) in [5, 5.41) is 0. The summed E-state index contributed by atoms with van der Waals surface area (Å²) in [6.45, 7) is 15.5. The molecule has 0 aliphatic heterocycles. The Hall–Kier alpha value is -3.33. The minimum atomic E-state index is -0.0516. The molecule has 0 heterocycles. The largest absolute Gasteiger partial charge is 0.399 e. The van der Waals surface area contributed by atoms with Gasteiger partial charge in [-0.2, -0.15) is 0 Å². The first kappa shape index (κ1) is 21.0. The Morgan fingerprint density at radius 2 is 1.11 bits per heavy atom. The standard InChI is InChI=1S/C25H28N2O/c1-5-9-19-21(11-7-3)24(27)22(12-8-4)20(10-6-2)23(19)25(28)17-13-15-18(26)16-14-17/h5-8,13-16H,1-4,9-12,26-27H2. The minimum absolute atomic E-state index is 0.0516. The molecule has 0 aromatic heterocycles. The SMILES string of the molecule is C=CCc1c(N)c(CC=C)c(CC=C)c(C(=O)c2ccc(N)cc2)c1CC=C. The van der Waals surface area contributed by atoms with Crippen molar-refractivity contribution in [3.63, 3.8) is 0 Å². The first-order valence-corrected chi connectivity index (χ1v) is 9.28. The van der Waals surface area contributed by atoms with Crippen molar-refractivity contribution in [3.8, 4) is 0 Å². The van der Waals surface area contributed by atoms with Crippen molar-refractivity contribution < 1.29 is 4.79 Å². The lowest BCUT2D eigenvalue weighted by Crippen LogP contribution is -2.17. The number of benzene rings is 2. The molecule has 0 bridgehead atoms. The molecule has 0 amide bonds. The van der Waals surface area contributed by atoms with Crippen molar-refractivity contribution in [2.75, 3.05) is 11.5 Å². The van der Waals surface area contributed by atoms with Gasteiger partial charge >= 0.3 is 0 Å². The number of allylic oxidation sites excluding steroid dienone is 4. The maximum atomic E-state index is 13.6. The molecule has 0 spiro atoms. The number of carbonyl (C=O) groups excluding carboxylic acids is 1. The normalized spacial score (nSPS) is 10.3. The van der Waals surface area contributed by atoms with Gasteiger partial charge < -0.3 is 11.5 Å². The Morgan fingerprint density at radius 3 is 1.50 bits per heavy atom. The number of nitrogen functional groups attached to an aromatic ring is 2. The molecule has 0 radical (unpaired) electrons. The van der Waals surface area contributed by atoms with Gasteiger partial charge in [-0.15, -0.1) is 26.3 Å². The molecule has 0 aliphatic carbocycles. The molecule has 0 atom stereocenters. The van der Waals surface area contributed by atoms with Crippen LogP contribution >= 0.6 is 0 Å². The number of hydrogen-bond acceptors (Lipinski definition) is 3. The molecule has 0 unspecified atom stereocenters. The molecule has 144 valence electrons. The van der Waals surface area contributed by atoms with Crippen molar-refractivity contribution >= 4 is 17.2 Å². The Morgan fingerprint density at radius 1 is 0.714 bits per heavy atom. The minimum Gasteiger partial charge on any atom is -0.399 e. The molecule has 3 nitrogen and oxygen atoms in total. The van der Waals surface area contributed by atoms with Crippen LogP contribution in [0, 0.1) is 0 Å². The fourth-order valence-corrected chi connectivity index (χ4v) is 3.54. The maximum Gasteiger partial charge on any atom is 0.193 e. The summed E-state index contributed by atoms with van der Waals surface area (Å²) in [4.78, 5) is 13.6. The number of ketones is 1. The highest BCUT2D eigenvalue weighted by molar-refractivity contribution is 6.12. The highest BCUT2D eigenvalue weighted by atomic mass is 16.1. The van der Waals surface area contributed by atoms with Gasteiger partial charge in [0.1, 0.15) is 0 Å². The van der Waals surface area contributed by atoms with Crippen LogP contribution < -0.4 is 11.5 Å². The van der Waals surface area contributed by atoms with Crippen LogP contribution in [0.15, 0.2) is 74.9 Å². The first-order valence-electron chi connectivity index (χ1n) is 9.28. The number of carbonyl (C=O) groups is 1. The number of hydrogen-bond donors (Lipinski definition) is 2. The van der Waals surface area contributed by atoms with E-state index in [0.717, 1.165) is 22.3 Å². The van der Waals surface area contributed by atoms with E-state index in [1.165, 1.54) is 0 Å². The van der Waals surface area contributed by atoms with Crippen LogP contribution in [0.5, 0.6) is 0 Å². The molecule has 3 heteroatoms. The zero-order valence-corrected chi connectivity index (χ0v) is 16.3. The Bertz CT molecular complexity index is 876. The van der Waals surface area contributed by atoms with E-state index in [9.17, 15) is 4.79 Å². The molecule has 0 fully saturated rings. The summed E-state index contributed by atoms with van der Waals surface area (Å²) in [7, 11) is 0. The lowest BCUT2D eigenvalue weighted by Gasteiger charge is -2.23. The van der Waals surface area contributed by atoms with Crippen LogP contribution in [0.4, 0.5) is 11.4 Å². The number of nitrogens with two attached hydrogens (primary N) is 2. The summed E-state index contributed by atoms with van der Waals surface area (Å²) < 4.78 is 0. The lowest BCUT2D eigenvalue weighted by molar-refractivity contribution is 0.103. The van der Waals surface area contributed by atoms with Crippen LogP contribution in [0.1, 0.15) is 38.2 Å². The van der Waals surface area contributed by atoms with Crippen molar-refractivity contribution in [1.82, 2.24) is 0 Å². The molecule has 2 rings (SSSR count). The first-order chi connectivity index (χ1) is 13.5. The van der Waals surface area contributed by atoms with Crippen molar-refractivity contribution in [3.05, 3.63) is 108 Å². The van der Waals surface area contributed by atoms with Gasteiger partial charge in [0.2, 0.25) is 0 Å². The topological polar surface area (TPSA) is 69.1 Å². The van der Waals surface area contributed by atoms with E-state index < -0.39 is 0 Å². The fraction of sp³-hybridized carbons (Fsp3) is 0.160. The number of rotatable bonds is 10. The third-order valence-electron chi connectivity index (χ3n) is 4.78. The molecule has 28 heavy (non-hydrogen) atoms. The Kier molecular flexibility index (Phi) is 7.16. The summed E-state index contributed by atoms with van der Waals surface area (Å²) in [6.07, 6.45) is 9.45. The maximum absolute atomic E-state index is 13.6. The van der Waals surface area contributed by atoms with Gasteiger partial charge in [-0.05, 0) is 72.2 Å². The van der Waals surface area contributed by atoms with Crippen LogP contribution in [0.25, 0.3) is 0 Å². The highest BCUT2D eigenvalue weighted by Gasteiger charge is 2.25. The van der Waals surface area contributed by atoms with Gasteiger partial charge in [0.15, 0.2) is 5.78 Å². The van der Waals surface area contributed by atoms with E-state index in [2.05, 4.69) is 26.3 Å². The fourth-order valence-electron chi connectivity index (χ4n) is 3.54. The number of anilines is 2. The molecule has 4 N–H and O–H groups in total. The summed E-state index contributed by atoms with van der Waals surface area (Å²) in [5.74, 6) is -0.0516. The summed E-state index contributed by atoms with van der Waals surface area (Å²) in [5.41, 5.74) is 18.6. The summed E-state index contributed by atoms with van der Waals surface area (Å²) >= 11 is 0. The third-order valence-corrected chi connectivity index (χ3v) is 4.78. The van der Waals surface area contributed by atoms with E-state index in [1.807, 2.05) is 0 Å². The van der Waals surface area contributed by atoms with Gasteiger partial charge in [-0.3, -0.25) is 4.79 Å². The molecule has 0 saturated carbocycles. The zero-order valence-electron chi connectivity index (χ0n) is 16.3.